The van der Waals surface area contributed by atoms with Crippen molar-refractivity contribution in [1.82, 2.24) is 15.2 Å². The van der Waals surface area contributed by atoms with Crippen molar-refractivity contribution in [3.63, 3.8) is 0 Å². The van der Waals surface area contributed by atoms with Crippen LogP contribution in [-0.2, 0) is 4.79 Å². The zero-order valence-electron chi connectivity index (χ0n) is 19.9. The minimum atomic E-state index is -0.627. The Morgan fingerprint density at radius 1 is 1.24 bits per heavy atom. The van der Waals surface area contributed by atoms with Crippen LogP contribution in [0.5, 0.6) is 0 Å². The number of nitrogens with one attached hydrogen (secondary N) is 1. The Bertz CT molecular complexity index is 995. The van der Waals surface area contributed by atoms with Crippen LogP contribution < -0.4 is 10.2 Å². The summed E-state index contributed by atoms with van der Waals surface area (Å²) in [6.07, 6.45) is 8.18. The average Bonchev–Trinajstić information content (AvgIpc) is 2.81. The van der Waals surface area contributed by atoms with E-state index in [2.05, 4.69) is 40.1 Å². The minimum Gasteiger partial charge on any atom is -0.481 e. The van der Waals surface area contributed by atoms with E-state index < -0.39 is 16.9 Å². The predicted octanol–water partition coefficient (Wildman–Crippen LogP) is 3.38. The SMILES string of the molecule is CC(C)(C(=NC1C2CC3CC1CC(C(=O)O)(C3)C2)NC#N)N1CCN(c2ccc(Cl)cn2)CC1. The van der Waals surface area contributed by atoms with Crippen LogP contribution in [0.25, 0.3) is 0 Å². The lowest BCUT2D eigenvalue weighted by Gasteiger charge is -2.57. The number of nitrogens with zero attached hydrogens (tertiary/aromatic N) is 5. The second kappa shape index (κ2) is 8.69. The van der Waals surface area contributed by atoms with Gasteiger partial charge in [0.1, 0.15) is 11.7 Å². The monoisotopic (exact) mass is 484 g/mol. The molecule has 0 aromatic carbocycles. The molecule has 182 valence electrons. The summed E-state index contributed by atoms with van der Waals surface area (Å²) in [5.74, 6) is 2.10. The topological polar surface area (TPSA) is 105 Å². The van der Waals surface area contributed by atoms with E-state index in [4.69, 9.17) is 16.6 Å². The van der Waals surface area contributed by atoms with Crippen LogP contribution in [0.4, 0.5) is 5.82 Å². The van der Waals surface area contributed by atoms with E-state index in [9.17, 15) is 15.2 Å². The number of carbonyl (C=O) groups is 1. The number of amidine groups is 1. The third-order valence-electron chi connectivity index (χ3n) is 8.82. The molecule has 0 radical (unpaired) electrons. The summed E-state index contributed by atoms with van der Waals surface area (Å²) in [6, 6.07) is 3.91. The summed E-state index contributed by atoms with van der Waals surface area (Å²) in [5, 5.41) is 23.0. The lowest BCUT2D eigenvalue weighted by Crippen LogP contribution is -2.61. The van der Waals surface area contributed by atoms with Crippen molar-refractivity contribution in [2.24, 2.45) is 28.2 Å². The molecule has 0 amide bonds. The molecular formula is C25H33ClN6O2. The third kappa shape index (κ3) is 4.03. The highest BCUT2D eigenvalue weighted by molar-refractivity contribution is 6.30. The van der Waals surface area contributed by atoms with Gasteiger partial charge in [0.05, 0.1) is 22.0 Å². The summed E-state index contributed by atoms with van der Waals surface area (Å²) < 4.78 is 0. The molecule has 34 heavy (non-hydrogen) atoms. The van der Waals surface area contributed by atoms with Crippen molar-refractivity contribution in [2.45, 2.75) is 57.5 Å². The maximum atomic E-state index is 12.1. The van der Waals surface area contributed by atoms with Crippen LogP contribution >= 0.6 is 11.6 Å². The van der Waals surface area contributed by atoms with E-state index in [1.54, 1.807) is 6.20 Å². The van der Waals surface area contributed by atoms with Crippen LogP contribution in [0.1, 0.15) is 46.0 Å². The first-order valence-electron chi connectivity index (χ1n) is 12.3. The van der Waals surface area contributed by atoms with Gasteiger partial charge >= 0.3 is 5.97 Å². The van der Waals surface area contributed by atoms with E-state index >= 15 is 0 Å². The Morgan fingerprint density at radius 2 is 1.91 bits per heavy atom. The summed E-state index contributed by atoms with van der Waals surface area (Å²) >= 11 is 5.98. The number of aliphatic imine (C=N–C) groups is 1. The first kappa shape index (κ1) is 23.4. The van der Waals surface area contributed by atoms with E-state index in [0.29, 0.717) is 28.6 Å². The van der Waals surface area contributed by atoms with Crippen LogP contribution in [0, 0.1) is 34.6 Å². The summed E-state index contributed by atoms with van der Waals surface area (Å²) in [6.45, 7) is 7.56. The molecule has 0 spiro atoms. The molecule has 9 heteroatoms. The van der Waals surface area contributed by atoms with Gasteiger partial charge in [0, 0.05) is 32.4 Å². The Morgan fingerprint density at radius 3 is 2.47 bits per heavy atom. The normalized spacial score (nSPS) is 33.6. The van der Waals surface area contributed by atoms with Gasteiger partial charge in [-0.15, -0.1) is 0 Å². The van der Waals surface area contributed by atoms with Crippen molar-refractivity contribution in [3.05, 3.63) is 23.4 Å². The molecule has 1 aromatic heterocycles. The number of aromatic nitrogens is 1. The van der Waals surface area contributed by atoms with Gasteiger partial charge in [0.25, 0.3) is 0 Å². The van der Waals surface area contributed by atoms with Crippen molar-refractivity contribution in [1.29, 1.82) is 5.26 Å². The van der Waals surface area contributed by atoms with E-state index in [1.165, 1.54) is 0 Å². The van der Waals surface area contributed by atoms with E-state index in [1.807, 2.05) is 12.1 Å². The fraction of sp³-hybridized carbons (Fsp3) is 0.680. The summed E-state index contributed by atoms with van der Waals surface area (Å²) in [7, 11) is 0. The van der Waals surface area contributed by atoms with Crippen LogP contribution in [-0.4, -0.2) is 64.6 Å². The number of piperazine rings is 1. The second-order valence-corrected chi connectivity index (χ2v) is 11.6. The fourth-order valence-corrected chi connectivity index (χ4v) is 7.33. The molecule has 4 bridgehead atoms. The Balaban J connectivity index is 1.32. The Hall–Kier alpha value is -2.37. The Labute approximate surface area is 206 Å². The second-order valence-electron chi connectivity index (χ2n) is 11.1. The van der Waals surface area contributed by atoms with Crippen molar-refractivity contribution in [2.75, 3.05) is 31.1 Å². The molecule has 2 atom stereocenters. The largest absolute Gasteiger partial charge is 0.481 e. The molecular weight excluding hydrogens is 452 g/mol. The van der Waals surface area contributed by atoms with Crippen molar-refractivity contribution >= 4 is 29.2 Å². The molecule has 1 aromatic rings. The molecule has 2 unspecified atom stereocenters. The minimum absolute atomic E-state index is 0.0960. The van der Waals surface area contributed by atoms with Crippen molar-refractivity contribution in [3.8, 4) is 6.19 Å². The number of carboxylic acid groups (broad SMARTS) is 1. The molecule has 2 heterocycles. The molecule has 1 aliphatic heterocycles. The molecule has 8 nitrogen and oxygen atoms in total. The number of rotatable bonds is 5. The molecule has 5 fully saturated rings. The summed E-state index contributed by atoms with van der Waals surface area (Å²) in [4.78, 5) is 26.3. The van der Waals surface area contributed by atoms with Gasteiger partial charge in [-0.3, -0.25) is 20.0 Å². The molecule has 4 aliphatic carbocycles. The predicted molar refractivity (Wildman–Crippen MR) is 131 cm³/mol. The van der Waals surface area contributed by atoms with Gasteiger partial charge in [-0.2, -0.15) is 5.26 Å². The van der Waals surface area contributed by atoms with Gasteiger partial charge in [-0.1, -0.05) is 11.6 Å². The van der Waals surface area contributed by atoms with Crippen molar-refractivity contribution < 1.29 is 9.90 Å². The summed E-state index contributed by atoms with van der Waals surface area (Å²) in [5.41, 5.74) is -0.985. The van der Waals surface area contributed by atoms with E-state index in [-0.39, 0.29) is 6.04 Å². The zero-order valence-corrected chi connectivity index (χ0v) is 20.6. The lowest BCUT2D eigenvalue weighted by molar-refractivity contribution is -0.166. The van der Waals surface area contributed by atoms with Crippen LogP contribution in [0.15, 0.2) is 23.3 Å². The van der Waals surface area contributed by atoms with Gasteiger partial charge in [-0.05, 0) is 75.8 Å². The quantitative estimate of drug-likeness (QED) is 0.285. The highest BCUT2D eigenvalue weighted by atomic mass is 35.5. The number of aliphatic carboxylic acids is 1. The van der Waals surface area contributed by atoms with E-state index in [0.717, 1.165) is 64.1 Å². The lowest BCUT2D eigenvalue weighted by atomic mass is 9.48. The number of pyridine rings is 1. The number of anilines is 1. The number of hydrogen-bond donors (Lipinski definition) is 2. The third-order valence-corrected chi connectivity index (χ3v) is 9.04. The zero-order chi connectivity index (χ0) is 24.1. The fourth-order valence-electron chi connectivity index (χ4n) is 7.21. The smallest absolute Gasteiger partial charge is 0.309 e. The maximum absolute atomic E-state index is 12.1. The number of nitriles is 1. The highest BCUT2D eigenvalue weighted by Crippen LogP contribution is 2.61. The van der Waals surface area contributed by atoms with Gasteiger partial charge in [-0.25, -0.2) is 4.98 Å². The van der Waals surface area contributed by atoms with Gasteiger partial charge < -0.3 is 10.0 Å². The first-order chi connectivity index (χ1) is 16.2. The molecule has 2 N–H and O–H groups in total. The Kier molecular flexibility index (Phi) is 5.97. The average molecular weight is 485 g/mol. The standard InChI is InChI=1S/C25H33ClN6O2/c1-24(2,32-7-5-31(6-8-32)20-4-3-19(26)14-28-20)22(29-15-27)30-21-17-9-16-10-18(21)13-25(11-16,12-17)23(33)34/h3-4,14,16-18,21H,5-13H2,1-2H3,(H,29,30)(H,33,34). The van der Waals surface area contributed by atoms with Crippen LogP contribution in [0.2, 0.25) is 5.02 Å². The maximum Gasteiger partial charge on any atom is 0.309 e. The number of halogens is 1. The number of hydrogen-bond acceptors (Lipinski definition) is 6. The molecule has 6 rings (SSSR count). The number of carboxylic acids is 1. The molecule has 1 saturated heterocycles. The highest BCUT2D eigenvalue weighted by Gasteiger charge is 2.59. The van der Waals surface area contributed by atoms with Crippen LogP contribution in [0.3, 0.4) is 0 Å². The molecule has 5 aliphatic rings. The first-order valence-corrected chi connectivity index (χ1v) is 12.7. The van der Waals surface area contributed by atoms with Gasteiger partial charge in [0.15, 0.2) is 6.19 Å². The molecule has 4 saturated carbocycles. The van der Waals surface area contributed by atoms with Gasteiger partial charge in [0.2, 0.25) is 0 Å².